The lowest BCUT2D eigenvalue weighted by molar-refractivity contribution is -0.142. The predicted octanol–water partition coefficient (Wildman–Crippen LogP) is 3.77. The van der Waals surface area contributed by atoms with E-state index in [4.69, 9.17) is 37.5 Å². The molecule has 1 heterocycles. The summed E-state index contributed by atoms with van der Waals surface area (Å²) in [5.41, 5.74) is 1.00. The second kappa shape index (κ2) is 15.2. The van der Waals surface area contributed by atoms with Gasteiger partial charge in [-0.25, -0.2) is 9.59 Å². The van der Waals surface area contributed by atoms with Crippen LogP contribution in [-0.4, -0.2) is 65.3 Å². The Morgan fingerprint density at radius 2 is 1.67 bits per heavy atom. The van der Waals surface area contributed by atoms with E-state index in [1.165, 1.54) is 18.2 Å². The number of ketones is 1. The van der Waals surface area contributed by atoms with Crippen LogP contribution in [0.4, 0.5) is 4.79 Å². The summed E-state index contributed by atoms with van der Waals surface area (Å²) in [7, 11) is 0. The number of nitrogens with one attached hydrogen (secondary N) is 2. The Hall–Kier alpha value is -4.16. The first-order valence-electron chi connectivity index (χ1n) is 12.8. The molecule has 42 heavy (non-hydrogen) atoms. The van der Waals surface area contributed by atoms with Gasteiger partial charge in [-0.2, -0.15) is 0 Å². The maximum absolute atomic E-state index is 12.9. The fraction of sp³-hybridized carbons (Fsp3) is 0.357. The molecule has 0 saturated carbocycles. The Balaban J connectivity index is 1.56. The van der Waals surface area contributed by atoms with Gasteiger partial charge in [0.15, 0.2) is 12.4 Å². The predicted molar refractivity (Wildman–Crippen MR) is 151 cm³/mol. The summed E-state index contributed by atoms with van der Waals surface area (Å²) in [6.45, 7) is 2.87. The smallest absolute Gasteiger partial charge is 0.408 e. The van der Waals surface area contributed by atoms with Crippen molar-refractivity contribution in [3.63, 3.8) is 0 Å². The van der Waals surface area contributed by atoms with Gasteiger partial charge < -0.3 is 30.1 Å². The molecule has 0 saturated heterocycles. The van der Waals surface area contributed by atoms with Gasteiger partial charge in [0.25, 0.3) is 5.91 Å². The number of alkyl carbamates (subject to hydrolysis) is 1. The van der Waals surface area contributed by atoms with E-state index in [1.54, 1.807) is 0 Å². The van der Waals surface area contributed by atoms with Crippen molar-refractivity contribution in [2.75, 3.05) is 6.61 Å². The van der Waals surface area contributed by atoms with Crippen molar-refractivity contribution in [1.29, 1.82) is 0 Å². The highest BCUT2D eigenvalue weighted by Gasteiger charge is 2.36. The van der Waals surface area contributed by atoms with Crippen molar-refractivity contribution in [2.45, 2.75) is 51.5 Å². The van der Waals surface area contributed by atoms with Crippen molar-refractivity contribution in [3.05, 3.63) is 69.7 Å². The number of oxime groups is 1. The van der Waals surface area contributed by atoms with Crippen LogP contribution in [0.1, 0.15) is 42.6 Å². The topological polar surface area (TPSA) is 170 Å². The highest BCUT2D eigenvalue weighted by Crippen LogP contribution is 2.25. The summed E-state index contributed by atoms with van der Waals surface area (Å²) in [5.74, 6) is -4.23. The number of aliphatic carboxylic acids is 1. The van der Waals surface area contributed by atoms with Gasteiger partial charge in [-0.3, -0.25) is 14.4 Å². The summed E-state index contributed by atoms with van der Waals surface area (Å²) in [6, 6.07) is 11.3. The number of hydrogen-bond donors (Lipinski definition) is 3. The molecule has 14 heteroatoms. The van der Waals surface area contributed by atoms with Gasteiger partial charge in [-0.05, 0) is 23.6 Å². The molecule has 3 rings (SSSR count). The number of benzene rings is 2. The normalized spacial score (nSPS) is 15.5. The fourth-order valence-corrected chi connectivity index (χ4v) is 4.49. The Bertz CT molecular complexity index is 1330. The average molecular weight is 622 g/mol. The van der Waals surface area contributed by atoms with E-state index in [-0.39, 0.29) is 34.6 Å². The molecule has 224 valence electrons. The van der Waals surface area contributed by atoms with Crippen LogP contribution in [0.15, 0.2) is 53.7 Å². The van der Waals surface area contributed by atoms with Crippen molar-refractivity contribution < 1.29 is 43.4 Å². The first kappa shape index (κ1) is 32.4. The first-order valence-corrected chi connectivity index (χ1v) is 13.6. The number of hydrogen-bond acceptors (Lipinski definition) is 9. The van der Waals surface area contributed by atoms with Crippen molar-refractivity contribution in [3.8, 4) is 0 Å². The zero-order valence-electron chi connectivity index (χ0n) is 22.7. The van der Waals surface area contributed by atoms with Gasteiger partial charge in [-0.15, -0.1) is 0 Å². The van der Waals surface area contributed by atoms with E-state index < -0.39 is 60.9 Å². The molecule has 2 amide bonds. The van der Waals surface area contributed by atoms with E-state index in [1.807, 2.05) is 44.2 Å². The van der Waals surface area contributed by atoms with Gasteiger partial charge >= 0.3 is 18.0 Å². The molecule has 0 spiro atoms. The van der Waals surface area contributed by atoms with Gasteiger partial charge in [0, 0.05) is 6.42 Å². The molecular formula is C28H29Cl2N3O9. The van der Waals surface area contributed by atoms with Crippen LogP contribution >= 0.6 is 23.2 Å². The molecule has 0 aliphatic carbocycles. The SMILES string of the molecule is CC(C)C(NC(=O)OCc1ccccc1)C1=NOC(C(=O)NC(CC(=O)O)C(=O)COC(=O)c2c(Cl)cccc2Cl)C1. The molecule has 12 nitrogen and oxygen atoms in total. The maximum atomic E-state index is 12.9. The summed E-state index contributed by atoms with van der Waals surface area (Å²) < 4.78 is 10.2. The molecule has 0 aromatic heterocycles. The van der Waals surface area contributed by atoms with Crippen molar-refractivity contribution in [2.24, 2.45) is 11.1 Å². The van der Waals surface area contributed by atoms with Gasteiger partial charge in [0.2, 0.25) is 6.10 Å². The molecule has 3 N–H and O–H groups in total. The van der Waals surface area contributed by atoms with E-state index in [0.29, 0.717) is 5.71 Å². The largest absolute Gasteiger partial charge is 0.481 e. The third kappa shape index (κ3) is 9.18. The minimum absolute atomic E-state index is 0.00294. The number of amides is 2. The number of carboxylic acid groups (broad SMARTS) is 1. The van der Waals surface area contributed by atoms with Crippen LogP contribution in [0, 0.1) is 5.92 Å². The zero-order chi connectivity index (χ0) is 30.8. The quantitative estimate of drug-likeness (QED) is 0.282. The van der Waals surface area contributed by atoms with Crippen LogP contribution in [-0.2, 0) is 35.3 Å². The number of carbonyl (C=O) groups excluding carboxylic acids is 4. The zero-order valence-corrected chi connectivity index (χ0v) is 24.2. The van der Waals surface area contributed by atoms with E-state index in [0.717, 1.165) is 5.56 Å². The first-order chi connectivity index (χ1) is 20.0. The molecule has 0 radical (unpaired) electrons. The number of nitrogens with zero attached hydrogens (tertiary/aromatic N) is 1. The molecule has 0 bridgehead atoms. The van der Waals surface area contributed by atoms with E-state index in [9.17, 15) is 29.1 Å². The standard InChI is InChI=1S/C28H29Cl2N3O9/c1-15(2)25(32-28(39)41-13-16-7-4-3-5-8-16)20-11-22(42-33-20)26(37)31-19(12-23(35)36)21(34)14-40-27(38)24-17(29)9-6-10-18(24)30/h3-10,15,19,22,25H,11-14H2,1-2H3,(H,31,37)(H,32,39)(H,35,36). The Labute approximate surface area is 251 Å². The number of esters is 1. The second-order valence-corrected chi connectivity index (χ2v) is 10.4. The number of rotatable bonds is 13. The number of Topliss-reactive ketones (excluding diaryl/α,β-unsaturated/α-hetero) is 1. The van der Waals surface area contributed by atoms with Crippen LogP contribution < -0.4 is 10.6 Å². The molecule has 0 fully saturated rings. The Morgan fingerprint density at radius 1 is 1.00 bits per heavy atom. The third-order valence-corrected chi connectivity index (χ3v) is 6.72. The maximum Gasteiger partial charge on any atom is 0.408 e. The minimum atomic E-state index is -1.54. The van der Waals surface area contributed by atoms with Crippen LogP contribution in [0.25, 0.3) is 0 Å². The highest BCUT2D eigenvalue weighted by molar-refractivity contribution is 6.39. The molecule has 3 atom stereocenters. The lowest BCUT2D eigenvalue weighted by atomic mass is 9.95. The average Bonchev–Trinajstić information content (AvgIpc) is 3.43. The van der Waals surface area contributed by atoms with Gasteiger partial charge in [-0.1, -0.05) is 78.6 Å². The molecule has 2 aromatic carbocycles. The van der Waals surface area contributed by atoms with Crippen LogP contribution in [0.5, 0.6) is 0 Å². The van der Waals surface area contributed by atoms with E-state index >= 15 is 0 Å². The highest BCUT2D eigenvalue weighted by atomic mass is 35.5. The number of carbonyl (C=O) groups is 5. The van der Waals surface area contributed by atoms with Crippen LogP contribution in [0.3, 0.4) is 0 Å². The molecule has 1 aliphatic heterocycles. The summed E-state index contributed by atoms with van der Waals surface area (Å²) in [5, 5.41) is 18.3. The van der Waals surface area contributed by atoms with Crippen molar-refractivity contribution in [1.82, 2.24) is 10.6 Å². The fourth-order valence-electron chi connectivity index (χ4n) is 3.93. The molecule has 1 aliphatic rings. The van der Waals surface area contributed by atoms with E-state index in [2.05, 4.69) is 15.8 Å². The van der Waals surface area contributed by atoms with Crippen LogP contribution in [0.2, 0.25) is 10.0 Å². The number of halogens is 2. The Morgan fingerprint density at radius 3 is 2.29 bits per heavy atom. The number of ether oxygens (including phenoxy) is 2. The molecule has 2 aromatic rings. The number of carboxylic acids is 1. The summed E-state index contributed by atoms with van der Waals surface area (Å²) in [6.07, 6.45) is -2.70. The minimum Gasteiger partial charge on any atom is -0.481 e. The lowest BCUT2D eigenvalue weighted by Crippen LogP contribution is -2.49. The molecule has 3 unspecified atom stereocenters. The third-order valence-electron chi connectivity index (χ3n) is 6.09. The monoisotopic (exact) mass is 621 g/mol. The summed E-state index contributed by atoms with van der Waals surface area (Å²) in [4.78, 5) is 67.1. The Kier molecular flexibility index (Phi) is 11.7. The van der Waals surface area contributed by atoms with Crippen molar-refractivity contribution >= 4 is 58.6 Å². The summed E-state index contributed by atoms with van der Waals surface area (Å²) >= 11 is 12.0. The lowest BCUT2D eigenvalue weighted by Gasteiger charge is -2.21. The second-order valence-electron chi connectivity index (χ2n) is 9.61. The van der Waals surface area contributed by atoms with Gasteiger partial charge in [0.05, 0.1) is 33.8 Å². The van der Waals surface area contributed by atoms with Gasteiger partial charge in [0.1, 0.15) is 12.6 Å². The molecular weight excluding hydrogens is 593 g/mol.